The topological polar surface area (TPSA) is 74.8 Å². The van der Waals surface area contributed by atoms with Crippen molar-refractivity contribution in [1.82, 2.24) is 14.8 Å². The Labute approximate surface area is 187 Å². The van der Waals surface area contributed by atoms with Crippen LogP contribution < -0.4 is 5.32 Å². The van der Waals surface area contributed by atoms with Crippen LogP contribution in [-0.2, 0) is 20.9 Å². The molecule has 7 nitrogen and oxygen atoms in total. The van der Waals surface area contributed by atoms with Gasteiger partial charge in [0, 0.05) is 48.6 Å². The molecule has 0 bridgehead atoms. The normalized spacial score (nSPS) is 20.3. The number of aromatic nitrogens is 1. The lowest BCUT2D eigenvalue weighted by Crippen LogP contribution is -2.42. The van der Waals surface area contributed by atoms with Gasteiger partial charge in [-0.25, -0.2) is 4.98 Å². The third-order valence-corrected chi connectivity index (χ3v) is 6.71. The second-order valence-corrected chi connectivity index (χ2v) is 10.2. The van der Waals surface area contributed by atoms with Crippen molar-refractivity contribution >= 4 is 28.3 Å². The zero-order valence-corrected chi connectivity index (χ0v) is 19.2. The maximum atomic E-state index is 12.9. The van der Waals surface area contributed by atoms with Gasteiger partial charge in [0.05, 0.1) is 24.8 Å². The Morgan fingerprint density at radius 2 is 1.94 bits per heavy atom. The number of carbonyl (C=O) groups is 2. The number of ether oxygens (including phenoxy) is 1. The number of morpholine rings is 1. The summed E-state index contributed by atoms with van der Waals surface area (Å²) in [4.78, 5) is 35.3. The molecule has 2 fully saturated rings. The van der Waals surface area contributed by atoms with E-state index < -0.39 is 0 Å². The van der Waals surface area contributed by atoms with Crippen LogP contribution in [0, 0.1) is 5.92 Å². The molecule has 166 valence electrons. The van der Waals surface area contributed by atoms with E-state index in [1.54, 1.807) is 4.90 Å². The molecular formula is C23H30N4O3S. The van der Waals surface area contributed by atoms with Gasteiger partial charge < -0.3 is 15.0 Å². The average molecular weight is 443 g/mol. The maximum Gasteiger partial charge on any atom is 0.231 e. The summed E-state index contributed by atoms with van der Waals surface area (Å²) >= 11 is 1.52. The van der Waals surface area contributed by atoms with E-state index in [9.17, 15) is 9.59 Å². The Morgan fingerprint density at radius 1 is 1.23 bits per heavy atom. The Morgan fingerprint density at radius 3 is 2.58 bits per heavy atom. The average Bonchev–Trinajstić information content (AvgIpc) is 3.33. The molecule has 2 amide bonds. The SMILES string of the molecule is CC(C)(C)N1CC(C(=O)Nc2nc(-c3ccccc3)c(CN3CCOCC3)s2)CC1=O. The third kappa shape index (κ3) is 5.14. The first-order chi connectivity index (χ1) is 14.8. The summed E-state index contributed by atoms with van der Waals surface area (Å²) in [5, 5.41) is 3.58. The lowest BCUT2D eigenvalue weighted by molar-refractivity contribution is -0.131. The van der Waals surface area contributed by atoms with Gasteiger partial charge in [-0.15, -0.1) is 0 Å². The predicted molar refractivity (Wildman–Crippen MR) is 122 cm³/mol. The molecule has 0 saturated carbocycles. The van der Waals surface area contributed by atoms with E-state index in [1.165, 1.54) is 11.3 Å². The van der Waals surface area contributed by atoms with Gasteiger partial charge in [0.1, 0.15) is 0 Å². The Hall–Kier alpha value is -2.29. The lowest BCUT2D eigenvalue weighted by atomic mass is 10.1. The minimum Gasteiger partial charge on any atom is -0.379 e. The summed E-state index contributed by atoms with van der Waals surface area (Å²) in [5.74, 6) is -0.449. The fourth-order valence-electron chi connectivity index (χ4n) is 4.04. The van der Waals surface area contributed by atoms with Gasteiger partial charge in [-0.05, 0) is 20.8 Å². The minimum atomic E-state index is -0.349. The smallest absolute Gasteiger partial charge is 0.231 e. The van der Waals surface area contributed by atoms with Crippen molar-refractivity contribution in [3.8, 4) is 11.3 Å². The standard InChI is InChI=1S/C23H30N4O3S/c1-23(2,3)27-14-17(13-19(27)28)21(29)25-22-24-20(16-7-5-4-6-8-16)18(31-22)15-26-9-11-30-12-10-26/h4-8,17H,9-15H2,1-3H3,(H,24,25,29). The zero-order chi connectivity index (χ0) is 22.0. The number of amides is 2. The molecule has 1 aromatic carbocycles. The number of nitrogens with one attached hydrogen (secondary N) is 1. The fraction of sp³-hybridized carbons (Fsp3) is 0.522. The molecular weight excluding hydrogens is 412 g/mol. The highest BCUT2D eigenvalue weighted by atomic mass is 32.1. The molecule has 8 heteroatoms. The van der Waals surface area contributed by atoms with Crippen molar-refractivity contribution in [3.63, 3.8) is 0 Å². The van der Waals surface area contributed by atoms with Crippen molar-refractivity contribution < 1.29 is 14.3 Å². The molecule has 0 aliphatic carbocycles. The molecule has 1 atom stereocenters. The van der Waals surface area contributed by atoms with Crippen LogP contribution in [0.3, 0.4) is 0 Å². The molecule has 2 aliphatic rings. The van der Waals surface area contributed by atoms with E-state index in [4.69, 9.17) is 9.72 Å². The van der Waals surface area contributed by atoms with Crippen molar-refractivity contribution in [1.29, 1.82) is 0 Å². The molecule has 1 N–H and O–H groups in total. The molecule has 31 heavy (non-hydrogen) atoms. The van der Waals surface area contributed by atoms with Crippen molar-refractivity contribution in [2.75, 3.05) is 38.2 Å². The highest BCUT2D eigenvalue weighted by molar-refractivity contribution is 7.16. The quantitative estimate of drug-likeness (QED) is 0.770. The Balaban J connectivity index is 1.52. The van der Waals surface area contributed by atoms with Crippen LogP contribution in [0.1, 0.15) is 32.1 Å². The van der Waals surface area contributed by atoms with Gasteiger partial charge in [-0.3, -0.25) is 14.5 Å². The number of rotatable bonds is 5. The van der Waals surface area contributed by atoms with E-state index in [2.05, 4.69) is 10.2 Å². The Kier molecular flexibility index (Phi) is 6.41. The molecule has 2 aromatic rings. The van der Waals surface area contributed by atoms with Gasteiger partial charge in [0.25, 0.3) is 0 Å². The van der Waals surface area contributed by atoms with E-state index in [-0.39, 0.29) is 29.7 Å². The van der Waals surface area contributed by atoms with Crippen molar-refractivity contribution in [3.05, 3.63) is 35.2 Å². The van der Waals surface area contributed by atoms with Crippen LogP contribution in [0.25, 0.3) is 11.3 Å². The number of benzene rings is 1. The van der Waals surface area contributed by atoms with E-state index >= 15 is 0 Å². The van der Waals surface area contributed by atoms with Gasteiger partial charge in [-0.2, -0.15) is 0 Å². The summed E-state index contributed by atoms with van der Waals surface area (Å²) in [6.07, 6.45) is 0.251. The van der Waals surface area contributed by atoms with Crippen LogP contribution in [0.15, 0.2) is 30.3 Å². The highest BCUT2D eigenvalue weighted by Crippen LogP contribution is 2.33. The summed E-state index contributed by atoms with van der Waals surface area (Å²) in [7, 11) is 0. The highest BCUT2D eigenvalue weighted by Gasteiger charge is 2.39. The van der Waals surface area contributed by atoms with Crippen LogP contribution in [-0.4, -0.2) is 65.0 Å². The first-order valence-electron chi connectivity index (χ1n) is 10.8. The predicted octanol–water partition coefficient (Wildman–Crippen LogP) is 3.23. The number of hydrogen-bond acceptors (Lipinski definition) is 6. The summed E-state index contributed by atoms with van der Waals surface area (Å²) < 4.78 is 5.47. The van der Waals surface area contributed by atoms with E-state index in [0.29, 0.717) is 11.7 Å². The molecule has 2 saturated heterocycles. The molecule has 2 aliphatic heterocycles. The largest absolute Gasteiger partial charge is 0.379 e. The zero-order valence-electron chi connectivity index (χ0n) is 18.4. The second kappa shape index (κ2) is 9.06. The van der Waals surface area contributed by atoms with Gasteiger partial charge >= 0.3 is 0 Å². The monoisotopic (exact) mass is 442 g/mol. The van der Waals surface area contributed by atoms with E-state index in [1.807, 2.05) is 51.1 Å². The number of likely N-dealkylation sites (tertiary alicyclic amines) is 1. The van der Waals surface area contributed by atoms with Gasteiger partial charge in [0.15, 0.2) is 5.13 Å². The molecule has 0 spiro atoms. The first-order valence-corrected chi connectivity index (χ1v) is 11.6. The third-order valence-electron chi connectivity index (χ3n) is 5.75. The van der Waals surface area contributed by atoms with Crippen molar-refractivity contribution in [2.24, 2.45) is 5.92 Å². The number of anilines is 1. The number of thiazole rings is 1. The minimum absolute atomic E-state index is 0.0322. The van der Waals surface area contributed by atoms with Crippen LogP contribution in [0.2, 0.25) is 0 Å². The molecule has 3 heterocycles. The van der Waals surface area contributed by atoms with Crippen LogP contribution in [0.4, 0.5) is 5.13 Å². The summed E-state index contributed by atoms with van der Waals surface area (Å²) in [6.45, 7) is 10.5. The summed E-state index contributed by atoms with van der Waals surface area (Å²) in [5.41, 5.74) is 1.67. The number of carbonyl (C=O) groups excluding carboxylic acids is 2. The molecule has 0 radical (unpaired) electrons. The van der Waals surface area contributed by atoms with Gasteiger partial charge in [0.2, 0.25) is 11.8 Å². The lowest BCUT2D eigenvalue weighted by Gasteiger charge is -2.31. The van der Waals surface area contributed by atoms with Crippen molar-refractivity contribution in [2.45, 2.75) is 39.3 Å². The fourth-order valence-corrected chi connectivity index (χ4v) is 5.06. The number of hydrogen-bond donors (Lipinski definition) is 1. The first kappa shape index (κ1) is 21.9. The summed E-state index contributed by atoms with van der Waals surface area (Å²) in [6, 6.07) is 10.1. The molecule has 1 aromatic heterocycles. The van der Waals surface area contributed by atoms with E-state index in [0.717, 1.165) is 49.0 Å². The van der Waals surface area contributed by atoms with Crippen LogP contribution in [0.5, 0.6) is 0 Å². The maximum absolute atomic E-state index is 12.9. The second-order valence-electron chi connectivity index (χ2n) is 9.11. The molecule has 1 unspecified atom stereocenters. The Bertz CT molecular complexity index is 932. The molecule has 4 rings (SSSR count). The number of nitrogens with zero attached hydrogens (tertiary/aromatic N) is 3. The van der Waals surface area contributed by atoms with Crippen LogP contribution >= 0.6 is 11.3 Å². The van der Waals surface area contributed by atoms with Gasteiger partial charge in [-0.1, -0.05) is 41.7 Å².